The summed E-state index contributed by atoms with van der Waals surface area (Å²) in [6.45, 7) is 14.3. The summed E-state index contributed by atoms with van der Waals surface area (Å²) in [7, 11) is -1.62. The fourth-order valence-electron chi connectivity index (χ4n) is 4.51. The number of rotatable bonds is 3. The molecule has 1 aliphatic carbocycles. The van der Waals surface area contributed by atoms with Gasteiger partial charge in [0.15, 0.2) is 0 Å². The molecule has 0 aromatic heterocycles. The van der Waals surface area contributed by atoms with Crippen LogP contribution in [0.4, 0.5) is 0 Å². The van der Waals surface area contributed by atoms with Crippen LogP contribution in [-0.2, 0) is 12.8 Å². The van der Waals surface area contributed by atoms with Crippen LogP contribution in [0.5, 0.6) is 0 Å². The molecule has 2 rings (SSSR count). The van der Waals surface area contributed by atoms with E-state index >= 15 is 0 Å². The van der Waals surface area contributed by atoms with Crippen LogP contribution in [0.2, 0.25) is 16.6 Å². The van der Waals surface area contributed by atoms with Crippen LogP contribution >= 0.6 is 0 Å². The van der Waals surface area contributed by atoms with Crippen molar-refractivity contribution in [2.45, 2.75) is 83.8 Å². The average molecular weight is 313 g/mol. The zero-order valence-corrected chi connectivity index (χ0v) is 16.3. The van der Waals surface area contributed by atoms with Crippen LogP contribution in [0, 0.1) is 11.5 Å². The van der Waals surface area contributed by atoms with Crippen LogP contribution in [0.15, 0.2) is 18.2 Å². The van der Waals surface area contributed by atoms with Gasteiger partial charge in [0.05, 0.1) is 0 Å². The van der Waals surface area contributed by atoms with Crippen LogP contribution in [0.1, 0.15) is 71.1 Å². The van der Waals surface area contributed by atoms with Crippen molar-refractivity contribution < 1.29 is 0 Å². The van der Waals surface area contributed by atoms with E-state index in [1.807, 2.05) is 0 Å². The molecule has 0 heterocycles. The summed E-state index contributed by atoms with van der Waals surface area (Å²) in [6.07, 6.45) is 5.13. The third kappa shape index (κ3) is 3.18. The molecule has 0 bridgehead atoms. The predicted octanol–water partition coefficient (Wildman–Crippen LogP) is 6.13. The molecular weight excluding hydrogens is 280 g/mol. The highest BCUT2D eigenvalue weighted by atomic mass is 28.3. The van der Waals surface area contributed by atoms with Crippen molar-refractivity contribution in [1.82, 2.24) is 0 Å². The van der Waals surface area contributed by atoms with Crippen LogP contribution in [-0.4, -0.2) is 8.07 Å². The third-order valence-corrected chi connectivity index (χ3v) is 12.0. The molecule has 22 heavy (non-hydrogen) atoms. The minimum absolute atomic E-state index is 0.708. The maximum atomic E-state index is 3.89. The summed E-state index contributed by atoms with van der Waals surface area (Å²) in [4.78, 5) is 0. The molecule has 0 fully saturated rings. The average Bonchev–Trinajstić information content (AvgIpc) is 2.47. The van der Waals surface area contributed by atoms with Gasteiger partial charge in [0.2, 0.25) is 0 Å². The second-order valence-electron chi connectivity index (χ2n) is 7.80. The maximum Gasteiger partial charge on any atom is 0.146 e. The van der Waals surface area contributed by atoms with Gasteiger partial charge in [-0.25, -0.2) is 0 Å². The second kappa shape index (κ2) is 7.05. The fraction of sp³-hybridized carbons (Fsp3) is 0.619. The number of hydrogen-bond donors (Lipinski definition) is 0. The second-order valence-corrected chi connectivity index (χ2v) is 13.4. The van der Waals surface area contributed by atoms with Crippen LogP contribution < -0.4 is 0 Å². The first kappa shape index (κ1) is 17.4. The first-order valence-electron chi connectivity index (χ1n) is 9.03. The van der Waals surface area contributed by atoms with Gasteiger partial charge >= 0.3 is 0 Å². The SMILES string of the molecule is CC(C)[Si](C#Cc1cccc2c1CCCC2)(C(C)C)C(C)C. The van der Waals surface area contributed by atoms with E-state index in [0.29, 0.717) is 16.6 Å². The summed E-state index contributed by atoms with van der Waals surface area (Å²) >= 11 is 0. The third-order valence-electron chi connectivity index (χ3n) is 5.68. The van der Waals surface area contributed by atoms with Crippen molar-refractivity contribution in [3.05, 3.63) is 34.9 Å². The smallest absolute Gasteiger partial charge is 0.125 e. The van der Waals surface area contributed by atoms with Gasteiger partial charge in [-0.3, -0.25) is 0 Å². The molecule has 1 aliphatic rings. The number of benzene rings is 1. The molecule has 0 saturated carbocycles. The topological polar surface area (TPSA) is 0 Å². The van der Waals surface area contributed by atoms with Gasteiger partial charge in [0.1, 0.15) is 8.07 Å². The maximum absolute atomic E-state index is 3.89. The Morgan fingerprint density at radius 2 is 1.45 bits per heavy atom. The standard InChI is InChI=1S/C21H32Si/c1-16(2)22(17(3)4,18(5)6)15-14-20-12-9-11-19-10-7-8-13-21(19)20/h9,11-12,16-18H,7-8,10,13H2,1-6H3. The molecule has 0 atom stereocenters. The minimum Gasteiger partial charge on any atom is -0.125 e. The summed E-state index contributed by atoms with van der Waals surface area (Å²) in [5.41, 5.74) is 10.4. The van der Waals surface area contributed by atoms with E-state index in [1.54, 1.807) is 11.1 Å². The lowest BCUT2D eigenvalue weighted by atomic mass is 9.88. The van der Waals surface area contributed by atoms with Crippen LogP contribution in [0.25, 0.3) is 0 Å². The van der Waals surface area contributed by atoms with E-state index in [-0.39, 0.29) is 0 Å². The molecule has 0 aliphatic heterocycles. The Morgan fingerprint density at radius 3 is 2.05 bits per heavy atom. The highest BCUT2D eigenvalue weighted by Crippen LogP contribution is 2.40. The molecule has 0 radical (unpaired) electrons. The van der Waals surface area contributed by atoms with Gasteiger partial charge in [-0.15, -0.1) is 5.54 Å². The van der Waals surface area contributed by atoms with Gasteiger partial charge in [-0.05, 0) is 59.5 Å². The van der Waals surface area contributed by atoms with E-state index in [2.05, 4.69) is 71.2 Å². The van der Waals surface area contributed by atoms with Crippen molar-refractivity contribution in [2.75, 3.05) is 0 Å². The zero-order chi connectivity index (χ0) is 16.3. The first-order valence-corrected chi connectivity index (χ1v) is 11.3. The molecule has 1 heteroatoms. The molecule has 0 N–H and O–H groups in total. The lowest BCUT2D eigenvalue weighted by molar-refractivity contribution is 0.684. The number of hydrogen-bond acceptors (Lipinski definition) is 0. The first-order chi connectivity index (χ1) is 10.4. The molecule has 1 aromatic rings. The van der Waals surface area contributed by atoms with E-state index in [1.165, 1.54) is 31.2 Å². The Balaban J connectivity index is 2.47. The van der Waals surface area contributed by atoms with Gasteiger partial charge in [0, 0.05) is 5.56 Å². The minimum atomic E-state index is -1.62. The Morgan fingerprint density at radius 1 is 0.864 bits per heavy atom. The predicted molar refractivity (Wildman–Crippen MR) is 101 cm³/mol. The van der Waals surface area contributed by atoms with Gasteiger partial charge < -0.3 is 0 Å². The Bertz CT molecular complexity index is 548. The lowest BCUT2D eigenvalue weighted by Crippen LogP contribution is -2.43. The largest absolute Gasteiger partial charge is 0.146 e. The fourth-order valence-corrected chi connectivity index (χ4v) is 9.72. The van der Waals surface area contributed by atoms with E-state index in [4.69, 9.17) is 0 Å². The summed E-state index contributed by atoms with van der Waals surface area (Å²) in [5.74, 6) is 3.67. The molecular formula is C21H32Si. The Kier molecular flexibility index (Phi) is 5.56. The van der Waals surface area contributed by atoms with E-state index < -0.39 is 8.07 Å². The van der Waals surface area contributed by atoms with Crippen molar-refractivity contribution >= 4 is 8.07 Å². The van der Waals surface area contributed by atoms with Gasteiger partial charge in [-0.1, -0.05) is 59.6 Å². The summed E-state index contributed by atoms with van der Waals surface area (Å²) in [5, 5.41) is 0. The highest BCUT2D eigenvalue weighted by molar-refractivity contribution is 6.90. The zero-order valence-electron chi connectivity index (χ0n) is 15.3. The number of fused-ring (bicyclic) bond motifs is 1. The molecule has 0 unspecified atom stereocenters. The van der Waals surface area contributed by atoms with E-state index in [0.717, 1.165) is 0 Å². The van der Waals surface area contributed by atoms with Gasteiger partial charge in [0.25, 0.3) is 0 Å². The highest BCUT2D eigenvalue weighted by Gasteiger charge is 2.41. The Hall–Kier alpha value is -1.00. The van der Waals surface area contributed by atoms with Crippen molar-refractivity contribution in [3.63, 3.8) is 0 Å². The summed E-state index contributed by atoms with van der Waals surface area (Å²) < 4.78 is 0. The Labute approximate surface area is 138 Å². The quantitative estimate of drug-likeness (QED) is 0.465. The van der Waals surface area contributed by atoms with Crippen molar-refractivity contribution in [3.8, 4) is 11.5 Å². The van der Waals surface area contributed by atoms with Crippen LogP contribution in [0.3, 0.4) is 0 Å². The molecule has 0 spiro atoms. The van der Waals surface area contributed by atoms with Crippen molar-refractivity contribution in [2.24, 2.45) is 0 Å². The van der Waals surface area contributed by atoms with E-state index in [9.17, 15) is 0 Å². The molecule has 0 nitrogen and oxygen atoms in total. The molecule has 0 saturated heterocycles. The monoisotopic (exact) mass is 312 g/mol. The normalized spacial score (nSPS) is 15.0. The molecule has 120 valence electrons. The lowest BCUT2D eigenvalue weighted by Gasteiger charge is -2.38. The molecule has 1 aromatic carbocycles. The summed E-state index contributed by atoms with van der Waals surface area (Å²) in [6, 6.07) is 6.76. The van der Waals surface area contributed by atoms with Crippen molar-refractivity contribution in [1.29, 1.82) is 0 Å². The van der Waals surface area contributed by atoms with Gasteiger partial charge in [-0.2, -0.15) is 0 Å². The molecule has 0 amide bonds. The number of aryl methyl sites for hydroxylation is 1.